The van der Waals surface area contributed by atoms with Crippen molar-refractivity contribution in [3.63, 3.8) is 0 Å². The van der Waals surface area contributed by atoms with Crippen molar-refractivity contribution in [2.24, 2.45) is 29.6 Å². The first-order valence-electron chi connectivity index (χ1n) is 23.2. The zero-order chi connectivity index (χ0) is 45.1. The number of nitrogens with zero attached hydrogens (tertiary/aromatic N) is 4. The number of aromatic nitrogens is 2. The van der Waals surface area contributed by atoms with Gasteiger partial charge in [-0.2, -0.15) is 0 Å². The monoisotopic (exact) mass is 913 g/mol. The minimum Gasteiger partial charge on any atom is -0.455 e. The highest BCUT2D eigenvalue weighted by atomic mass is 32.2. The molecule has 5 aliphatic heterocycles. The topological polar surface area (TPSA) is 200 Å². The molecule has 8 atom stereocenters. The number of ether oxygens (including phenoxy) is 5. The highest BCUT2D eigenvalue weighted by Crippen LogP contribution is 2.63. The van der Waals surface area contributed by atoms with Gasteiger partial charge in [0.25, 0.3) is 21.6 Å². The second kappa shape index (κ2) is 17.4. The van der Waals surface area contributed by atoms with Crippen molar-refractivity contribution in [1.29, 1.82) is 0 Å². The van der Waals surface area contributed by atoms with Crippen LogP contribution in [0, 0.1) is 39.7 Å². The number of anilines is 2. The number of amides is 1. The van der Waals surface area contributed by atoms with Crippen LogP contribution in [0.4, 0.5) is 17.1 Å². The minimum absolute atomic E-state index is 0.0361. The summed E-state index contributed by atoms with van der Waals surface area (Å²) in [6, 6.07) is 12.3. The molecular formula is C47H59N7O10S. The molecule has 2 aromatic carbocycles. The molecule has 8 unspecified atom stereocenters. The molecule has 6 fully saturated rings. The van der Waals surface area contributed by atoms with Gasteiger partial charge < -0.3 is 38.9 Å². The lowest BCUT2D eigenvalue weighted by Crippen LogP contribution is -2.66. The molecule has 348 valence electrons. The molecule has 1 amide bonds. The van der Waals surface area contributed by atoms with Crippen LogP contribution in [0.3, 0.4) is 0 Å². The number of H-pyrrole nitrogens is 1. The maximum Gasteiger partial charge on any atom is 0.293 e. The Labute approximate surface area is 379 Å². The Balaban J connectivity index is 0.820. The fourth-order valence-electron chi connectivity index (χ4n) is 11.6. The molecule has 17 nitrogen and oxygen atoms in total. The molecule has 6 aliphatic rings. The predicted molar refractivity (Wildman–Crippen MR) is 241 cm³/mol. The Morgan fingerprint density at radius 2 is 1.83 bits per heavy atom. The summed E-state index contributed by atoms with van der Waals surface area (Å²) < 4.78 is 61.6. The standard InChI is InChI=1S/C47H59N7O10S/c1-29-4-8-38-30(2)41(62-45-47(38)37(29)10-15-46(3,63-45)64-47)12-17-52-18-20-53(21-19-52)33-5-7-36(42(25-33)61-34-24-32-11-16-48-43(32)50-28-34)44(55)51-65(58,59)35-6-9-39(40(26-35)54(56)57)49-27-31-13-22-60-23-14-31/h5-7,9,11,16,24-26,28-31,37-38,41,45,49H,4,8,10,12-15,17-23,27H2,1-3H3,(H,48,50)(H,51,55). The molecule has 3 N–H and O–H groups in total. The molecule has 2 bridgehead atoms. The number of fused-ring (bicyclic) bond motifs is 2. The fourth-order valence-corrected chi connectivity index (χ4v) is 12.6. The van der Waals surface area contributed by atoms with E-state index >= 15 is 0 Å². The molecule has 0 radical (unpaired) electrons. The van der Waals surface area contributed by atoms with Crippen LogP contribution < -0.4 is 19.7 Å². The number of piperazine rings is 1. The third-order valence-electron chi connectivity index (χ3n) is 15.2. The van der Waals surface area contributed by atoms with Crippen LogP contribution in [0.15, 0.2) is 65.8 Å². The van der Waals surface area contributed by atoms with E-state index in [1.54, 1.807) is 30.5 Å². The first-order chi connectivity index (χ1) is 31.3. The first-order valence-corrected chi connectivity index (χ1v) is 24.7. The van der Waals surface area contributed by atoms with Crippen LogP contribution >= 0.6 is 0 Å². The molecule has 65 heavy (non-hydrogen) atoms. The Kier molecular flexibility index (Phi) is 11.8. The molecule has 4 aromatic rings. The molecule has 1 saturated carbocycles. The molecule has 1 spiro atoms. The van der Waals surface area contributed by atoms with Gasteiger partial charge in [0.2, 0.25) is 0 Å². The number of carbonyl (C=O) groups is 1. The number of aromatic amines is 1. The zero-order valence-corrected chi connectivity index (χ0v) is 38.0. The number of nitro benzene ring substituents is 1. The normalized spacial score (nSPS) is 30.5. The second-order valence-electron chi connectivity index (χ2n) is 19.2. The van der Waals surface area contributed by atoms with Gasteiger partial charge in [-0.25, -0.2) is 18.1 Å². The van der Waals surface area contributed by atoms with Crippen molar-refractivity contribution in [2.75, 3.05) is 62.7 Å². The number of rotatable bonds is 13. The van der Waals surface area contributed by atoms with Gasteiger partial charge in [0.05, 0.1) is 27.7 Å². The van der Waals surface area contributed by atoms with Gasteiger partial charge in [0.1, 0.15) is 28.4 Å². The average molecular weight is 914 g/mol. The SMILES string of the molecule is CC1CCC2C(C)C(CCN3CCN(c4ccc(C(=O)NS(=O)(=O)c5ccc(NCC6CCOCC6)c([N+](=O)[O-])c5)c(Oc5cnc6[nH]ccc6c5)c4)CC3)OC3OC4(C)CCC1C32O4. The smallest absolute Gasteiger partial charge is 0.293 e. The van der Waals surface area contributed by atoms with E-state index in [1.807, 2.05) is 6.07 Å². The van der Waals surface area contributed by atoms with Crippen molar-refractivity contribution in [2.45, 2.75) is 94.4 Å². The molecule has 10 rings (SSSR count). The van der Waals surface area contributed by atoms with Crippen molar-refractivity contribution < 1.29 is 41.8 Å². The molecule has 7 heterocycles. The van der Waals surface area contributed by atoms with Crippen molar-refractivity contribution in [1.82, 2.24) is 19.6 Å². The van der Waals surface area contributed by atoms with Crippen molar-refractivity contribution in [3.05, 3.63) is 76.6 Å². The number of pyridine rings is 1. The third kappa shape index (κ3) is 8.46. The number of sulfonamides is 1. The Bertz CT molecular complexity index is 2540. The zero-order valence-electron chi connectivity index (χ0n) is 37.2. The average Bonchev–Trinajstić information content (AvgIpc) is 3.85. The summed E-state index contributed by atoms with van der Waals surface area (Å²) in [6.07, 6.45) is 9.99. The van der Waals surface area contributed by atoms with E-state index < -0.39 is 37.2 Å². The van der Waals surface area contributed by atoms with E-state index in [1.165, 1.54) is 24.8 Å². The Hall–Kier alpha value is -4.85. The van der Waals surface area contributed by atoms with Gasteiger partial charge in [0.15, 0.2) is 12.1 Å². The summed E-state index contributed by atoms with van der Waals surface area (Å²) in [7, 11) is -4.56. The number of benzene rings is 2. The van der Waals surface area contributed by atoms with E-state index in [0.29, 0.717) is 54.8 Å². The Morgan fingerprint density at radius 3 is 2.63 bits per heavy atom. The van der Waals surface area contributed by atoms with E-state index in [-0.39, 0.29) is 40.9 Å². The predicted octanol–water partition coefficient (Wildman–Crippen LogP) is 7.05. The number of nitrogens with one attached hydrogen (secondary N) is 3. The van der Waals surface area contributed by atoms with Crippen LogP contribution in [0.25, 0.3) is 11.0 Å². The number of carbonyl (C=O) groups excluding carboxylic acids is 1. The van der Waals surface area contributed by atoms with E-state index in [2.05, 4.69) is 50.6 Å². The van der Waals surface area contributed by atoms with Crippen molar-refractivity contribution >= 4 is 44.0 Å². The number of nitro groups is 1. The van der Waals surface area contributed by atoms with Crippen molar-refractivity contribution in [3.8, 4) is 11.5 Å². The summed E-state index contributed by atoms with van der Waals surface area (Å²) in [6.45, 7) is 12.5. The van der Waals surface area contributed by atoms with Gasteiger partial charge in [-0.15, -0.1) is 0 Å². The quantitative estimate of drug-likeness (QED) is 0.0910. The van der Waals surface area contributed by atoms with Gasteiger partial charge in [0, 0.05) is 88.3 Å². The van der Waals surface area contributed by atoms with Gasteiger partial charge in [-0.05, 0) is 111 Å². The van der Waals surface area contributed by atoms with E-state index in [4.69, 9.17) is 23.7 Å². The summed E-state index contributed by atoms with van der Waals surface area (Å²) in [5.74, 6) is 1.06. The van der Waals surface area contributed by atoms with E-state index in [0.717, 1.165) is 88.4 Å². The molecular weight excluding hydrogens is 855 g/mol. The highest BCUT2D eigenvalue weighted by Gasteiger charge is 2.71. The lowest BCUT2D eigenvalue weighted by molar-refractivity contribution is -0.384. The van der Waals surface area contributed by atoms with E-state index in [9.17, 15) is 23.3 Å². The molecule has 5 saturated heterocycles. The maximum absolute atomic E-state index is 13.9. The van der Waals surface area contributed by atoms with Gasteiger partial charge in [-0.3, -0.25) is 19.8 Å². The summed E-state index contributed by atoms with van der Waals surface area (Å²) in [5.41, 5.74) is 0.873. The van der Waals surface area contributed by atoms with Gasteiger partial charge in [-0.1, -0.05) is 13.8 Å². The van der Waals surface area contributed by atoms with Gasteiger partial charge >= 0.3 is 0 Å². The van der Waals surface area contributed by atoms with Crippen LogP contribution in [-0.4, -0.2) is 110 Å². The lowest BCUT2D eigenvalue weighted by atomic mass is 9.56. The fraction of sp³-hybridized carbons (Fsp3) is 0.574. The molecule has 18 heteroatoms. The van der Waals surface area contributed by atoms with Crippen LogP contribution in [-0.2, 0) is 29.0 Å². The summed E-state index contributed by atoms with van der Waals surface area (Å²) in [4.78, 5) is 37.2. The summed E-state index contributed by atoms with van der Waals surface area (Å²) >= 11 is 0. The molecule has 2 aromatic heterocycles. The highest BCUT2D eigenvalue weighted by molar-refractivity contribution is 7.90. The Morgan fingerprint density at radius 1 is 1.02 bits per heavy atom. The van der Waals surface area contributed by atoms with Crippen LogP contribution in [0.5, 0.6) is 11.5 Å². The lowest BCUT2D eigenvalue weighted by Gasteiger charge is -2.58. The molecule has 1 aliphatic carbocycles. The maximum atomic E-state index is 13.9. The van der Waals surface area contributed by atoms with Crippen LogP contribution in [0.2, 0.25) is 0 Å². The van der Waals surface area contributed by atoms with Crippen LogP contribution in [0.1, 0.15) is 76.1 Å². The largest absolute Gasteiger partial charge is 0.455 e. The first kappa shape index (κ1) is 44.0. The number of hydrogen-bond donors (Lipinski definition) is 3. The summed E-state index contributed by atoms with van der Waals surface area (Å²) in [5, 5.41) is 16.0. The third-order valence-corrected chi connectivity index (χ3v) is 16.6. The number of hydrogen-bond acceptors (Lipinski definition) is 14. The minimum atomic E-state index is -4.56. The second-order valence-corrected chi connectivity index (χ2v) is 20.9.